The zero-order valence-corrected chi connectivity index (χ0v) is 11.1. The lowest BCUT2D eigenvalue weighted by atomic mass is 10.1. The van der Waals surface area contributed by atoms with Crippen LogP contribution in [-0.2, 0) is 11.2 Å². The van der Waals surface area contributed by atoms with Gasteiger partial charge in [0.2, 0.25) is 0 Å². The number of ether oxygens (including phenoxy) is 2. The summed E-state index contributed by atoms with van der Waals surface area (Å²) in [5.41, 5.74) is 1.31. The molecule has 0 fully saturated rings. The molecule has 0 atom stereocenters. The average molecular weight is 236 g/mol. The Morgan fingerprint density at radius 3 is 2.59 bits per heavy atom. The molecule has 0 unspecified atom stereocenters. The van der Waals surface area contributed by atoms with Crippen LogP contribution in [0.1, 0.15) is 38.2 Å². The van der Waals surface area contributed by atoms with Crippen molar-refractivity contribution >= 4 is 0 Å². The van der Waals surface area contributed by atoms with E-state index in [0.29, 0.717) is 0 Å². The number of unbranched alkanes of at least 4 members (excludes halogenated alkanes) is 2. The zero-order valence-electron chi connectivity index (χ0n) is 11.1. The van der Waals surface area contributed by atoms with Gasteiger partial charge in [-0.15, -0.1) is 0 Å². The van der Waals surface area contributed by atoms with Gasteiger partial charge in [0.1, 0.15) is 5.75 Å². The van der Waals surface area contributed by atoms with Gasteiger partial charge in [0.15, 0.2) is 0 Å². The van der Waals surface area contributed by atoms with E-state index < -0.39 is 0 Å². The Labute approximate surface area is 105 Å². The minimum absolute atomic E-state index is 0.895. The van der Waals surface area contributed by atoms with Gasteiger partial charge in [-0.1, -0.05) is 31.5 Å². The molecule has 0 aliphatic rings. The topological polar surface area (TPSA) is 18.5 Å². The predicted molar refractivity (Wildman–Crippen MR) is 71.7 cm³/mol. The standard InChI is InChI=1S/C15H24O2/c1-3-12-17-13-8-4-5-9-14-10-6-7-11-15(14)16-2/h6-7,10-11H,3-5,8-9,12-13H2,1-2H3. The Bertz CT molecular complexity index is 297. The van der Waals surface area contributed by atoms with Crippen LogP contribution in [0.15, 0.2) is 24.3 Å². The minimum Gasteiger partial charge on any atom is -0.496 e. The van der Waals surface area contributed by atoms with E-state index in [2.05, 4.69) is 19.1 Å². The molecule has 0 saturated heterocycles. The highest BCUT2D eigenvalue weighted by Crippen LogP contribution is 2.19. The molecule has 17 heavy (non-hydrogen) atoms. The van der Waals surface area contributed by atoms with E-state index in [9.17, 15) is 0 Å². The third kappa shape index (κ3) is 5.73. The van der Waals surface area contributed by atoms with Crippen molar-refractivity contribution in [2.75, 3.05) is 20.3 Å². The minimum atomic E-state index is 0.895. The molecule has 96 valence electrons. The lowest BCUT2D eigenvalue weighted by molar-refractivity contribution is 0.130. The fraction of sp³-hybridized carbons (Fsp3) is 0.600. The molecule has 2 nitrogen and oxygen atoms in total. The SMILES string of the molecule is CCCOCCCCCc1ccccc1OC. The number of benzene rings is 1. The van der Waals surface area contributed by atoms with Crippen LogP contribution < -0.4 is 4.74 Å². The van der Waals surface area contributed by atoms with Gasteiger partial charge in [0.05, 0.1) is 7.11 Å². The van der Waals surface area contributed by atoms with Crippen molar-refractivity contribution in [3.63, 3.8) is 0 Å². The number of para-hydroxylation sites is 1. The van der Waals surface area contributed by atoms with Gasteiger partial charge in [-0.05, 0) is 37.3 Å². The Morgan fingerprint density at radius 2 is 1.82 bits per heavy atom. The molecule has 0 bridgehead atoms. The van der Waals surface area contributed by atoms with Crippen LogP contribution in [0.5, 0.6) is 5.75 Å². The number of methoxy groups -OCH3 is 1. The Balaban J connectivity index is 2.13. The maximum atomic E-state index is 5.46. The lowest BCUT2D eigenvalue weighted by Gasteiger charge is -2.07. The van der Waals surface area contributed by atoms with Crippen LogP contribution >= 0.6 is 0 Å². The molecular weight excluding hydrogens is 212 g/mol. The van der Waals surface area contributed by atoms with Crippen LogP contribution in [0.2, 0.25) is 0 Å². The summed E-state index contributed by atoms with van der Waals surface area (Å²) in [7, 11) is 1.73. The highest BCUT2D eigenvalue weighted by molar-refractivity contribution is 5.33. The molecule has 1 aromatic carbocycles. The molecule has 0 aromatic heterocycles. The van der Waals surface area contributed by atoms with Crippen molar-refractivity contribution in [2.24, 2.45) is 0 Å². The first-order valence-corrected chi connectivity index (χ1v) is 6.58. The fourth-order valence-electron chi connectivity index (χ4n) is 1.85. The Morgan fingerprint density at radius 1 is 1.00 bits per heavy atom. The second-order valence-corrected chi connectivity index (χ2v) is 4.23. The van der Waals surface area contributed by atoms with Crippen LogP contribution in [0, 0.1) is 0 Å². The smallest absolute Gasteiger partial charge is 0.122 e. The summed E-state index contributed by atoms with van der Waals surface area (Å²) >= 11 is 0. The second kappa shape index (κ2) is 9.06. The predicted octanol–water partition coefficient (Wildman–Crippen LogP) is 3.83. The van der Waals surface area contributed by atoms with Crippen molar-refractivity contribution in [3.05, 3.63) is 29.8 Å². The summed E-state index contributed by atoms with van der Waals surface area (Å²) in [6.07, 6.45) is 5.80. The first kappa shape index (κ1) is 14.0. The number of rotatable bonds is 9. The second-order valence-electron chi connectivity index (χ2n) is 4.23. The largest absolute Gasteiger partial charge is 0.496 e. The summed E-state index contributed by atoms with van der Waals surface area (Å²) in [6, 6.07) is 8.26. The summed E-state index contributed by atoms with van der Waals surface area (Å²) in [4.78, 5) is 0. The summed E-state index contributed by atoms with van der Waals surface area (Å²) in [6.45, 7) is 3.94. The van der Waals surface area contributed by atoms with E-state index in [0.717, 1.165) is 38.2 Å². The maximum Gasteiger partial charge on any atom is 0.122 e. The number of aryl methyl sites for hydroxylation is 1. The van der Waals surface area contributed by atoms with E-state index in [1.807, 2.05) is 12.1 Å². The molecule has 1 rings (SSSR count). The molecule has 0 aliphatic heterocycles. The molecule has 0 saturated carbocycles. The average Bonchev–Trinajstić information content (AvgIpc) is 2.38. The zero-order chi connectivity index (χ0) is 12.3. The monoisotopic (exact) mass is 236 g/mol. The maximum absolute atomic E-state index is 5.46. The quantitative estimate of drug-likeness (QED) is 0.607. The van der Waals surface area contributed by atoms with Gasteiger partial charge in [0.25, 0.3) is 0 Å². The van der Waals surface area contributed by atoms with Crippen molar-refractivity contribution in [3.8, 4) is 5.75 Å². The molecular formula is C15H24O2. The first-order chi connectivity index (χ1) is 8.38. The molecule has 0 N–H and O–H groups in total. The Hall–Kier alpha value is -1.02. The molecule has 2 heteroatoms. The van der Waals surface area contributed by atoms with Crippen molar-refractivity contribution in [2.45, 2.75) is 39.0 Å². The van der Waals surface area contributed by atoms with Crippen LogP contribution in [0.4, 0.5) is 0 Å². The number of hydrogen-bond acceptors (Lipinski definition) is 2. The van der Waals surface area contributed by atoms with Crippen molar-refractivity contribution < 1.29 is 9.47 Å². The van der Waals surface area contributed by atoms with Gasteiger partial charge in [-0.25, -0.2) is 0 Å². The van der Waals surface area contributed by atoms with E-state index >= 15 is 0 Å². The van der Waals surface area contributed by atoms with E-state index in [4.69, 9.17) is 9.47 Å². The third-order valence-electron chi connectivity index (χ3n) is 2.78. The van der Waals surface area contributed by atoms with Crippen LogP contribution in [-0.4, -0.2) is 20.3 Å². The summed E-state index contributed by atoms with van der Waals surface area (Å²) in [5, 5.41) is 0. The summed E-state index contributed by atoms with van der Waals surface area (Å²) < 4.78 is 10.8. The van der Waals surface area contributed by atoms with Gasteiger partial charge in [-0.3, -0.25) is 0 Å². The third-order valence-corrected chi connectivity index (χ3v) is 2.78. The highest BCUT2D eigenvalue weighted by Gasteiger charge is 2.00. The van der Waals surface area contributed by atoms with Gasteiger partial charge < -0.3 is 9.47 Å². The van der Waals surface area contributed by atoms with Crippen LogP contribution in [0.25, 0.3) is 0 Å². The number of hydrogen-bond donors (Lipinski definition) is 0. The molecule has 0 aliphatic carbocycles. The molecule has 0 radical (unpaired) electrons. The van der Waals surface area contributed by atoms with E-state index in [1.165, 1.54) is 18.4 Å². The molecule has 0 spiro atoms. The van der Waals surface area contributed by atoms with Crippen LogP contribution in [0.3, 0.4) is 0 Å². The van der Waals surface area contributed by atoms with Gasteiger partial charge in [-0.2, -0.15) is 0 Å². The van der Waals surface area contributed by atoms with Crippen molar-refractivity contribution in [1.82, 2.24) is 0 Å². The van der Waals surface area contributed by atoms with E-state index in [-0.39, 0.29) is 0 Å². The fourth-order valence-corrected chi connectivity index (χ4v) is 1.85. The van der Waals surface area contributed by atoms with Gasteiger partial charge in [0, 0.05) is 13.2 Å². The lowest BCUT2D eigenvalue weighted by Crippen LogP contribution is -1.96. The Kier molecular flexibility index (Phi) is 7.48. The molecule has 0 amide bonds. The normalized spacial score (nSPS) is 10.5. The first-order valence-electron chi connectivity index (χ1n) is 6.58. The highest BCUT2D eigenvalue weighted by atomic mass is 16.5. The van der Waals surface area contributed by atoms with E-state index in [1.54, 1.807) is 7.11 Å². The van der Waals surface area contributed by atoms with Gasteiger partial charge >= 0.3 is 0 Å². The molecule has 0 heterocycles. The van der Waals surface area contributed by atoms with Crippen molar-refractivity contribution in [1.29, 1.82) is 0 Å². The molecule has 1 aromatic rings. The summed E-state index contributed by atoms with van der Waals surface area (Å²) in [5.74, 6) is 1.01.